The van der Waals surface area contributed by atoms with Crippen LogP contribution in [0.25, 0.3) is 0 Å². The molecule has 1 rings (SSSR count). The first-order valence-corrected chi connectivity index (χ1v) is 6.39. The molecule has 0 aliphatic carbocycles. The predicted molar refractivity (Wildman–Crippen MR) is 67.5 cm³/mol. The van der Waals surface area contributed by atoms with Gasteiger partial charge in [-0.3, -0.25) is 0 Å². The molecular weight excluding hydrogens is 258 g/mol. The van der Waals surface area contributed by atoms with Crippen LogP contribution >= 0.6 is 0 Å². The summed E-state index contributed by atoms with van der Waals surface area (Å²) in [4.78, 5) is 0. The van der Waals surface area contributed by atoms with Crippen molar-refractivity contribution < 1.29 is 17.6 Å². The Morgan fingerprint density at radius 3 is 2.53 bits per heavy atom. The number of hydrogen-bond donors (Lipinski definition) is 1. The Morgan fingerprint density at radius 2 is 1.95 bits per heavy atom. The van der Waals surface area contributed by atoms with Crippen molar-refractivity contribution in [3.05, 3.63) is 35.1 Å². The smallest absolute Gasteiger partial charge is 0.310 e. The van der Waals surface area contributed by atoms with E-state index in [4.69, 9.17) is 0 Å². The first-order valence-electron chi connectivity index (χ1n) is 6.39. The molecular formula is C14H19F4N. The van der Waals surface area contributed by atoms with Gasteiger partial charge in [-0.15, -0.1) is 0 Å². The van der Waals surface area contributed by atoms with E-state index in [9.17, 15) is 17.6 Å². The Hall–Kier alpha value is -1.10. The normalized spacial score (nSPS) is 13.6. The molecule has 0 saturated carbocycles. The summed E-state index contributed by atoms with van der Waals surface area (Å²) in [5, 5.41) is 2.99. The molecule has 1 nitrogen and oxygen atoms in total. The molecule has 0 saturated heterocycles. The summed E-state index contributed by atoms with van der Waals surface area (Å²) in [5.41, 5.74) is 1.16. The monoisotopic (exact) mass is 277 g/mol. The fourth-order valence-corrected chi connectivity index (χ4v) is 1.92. The fraction of sp³-hybridized carbons (Fsp3) is 0.571. The number of nitrogens with one attached hydrogen (secondary N) is 1. The van der Waals surface area contributed by atoms with Crippen LogP contribution in [-0.4, -0.2) is 12.7 Å². The predicted octanol–water partition coefficient (Wildman–Crippen LogP) is 4.52. The van der Waals surface area contributed by atoms with E-state index >= 15 is 0 Å². The molecule has 0 aromatic heterocycles. The molecule has 0 aliphatic heterocycles. The molecule has 1 N–H and O–H groups in total. The molecule has 0 aliphatic rings. The van der Waals surface area contributed by atoms with Crippen molar-refractivity contribution in [3.8, 4) is 0 Å². The Kier molecular flexibility index (Phi) is 5.79. The first kappa shape index (κ1) is 16.0. The second-order valence-electron chi connectivity index (χ2n) is 4.69. The third-order valence-electron chi connectivity index (χ3n) is 2.88. The zero-order valence-corrected chi connectivity index (χ0v) is 11.1. The van der Waals surface area contributed by atoms with Crippen LogP contribution < -0.4 is 5.32 Å². The number of rotatable bonds is 6. The van der Waals surface area contributed by atoms with Crippen molar-refractivity contribution in [1.29, 1.82) is 0 Å². The molecule has 108 valence electrons. The van der Waals surface area contributed by atoms with E-state index in [0.29, 0.717) is 12.1 Å². The van der Waals surface area contributed by atoms with Crippen molar-refractivity contribution in [2.24, 2.45) is 0 Å². The molecule has 0 radical (unpaired) electrons. The molecule has 0 fully saturated rings. The average molecular weight is 277 g/mol. The third kappa shape index (κ3) is 5.59. The van der Waals surface area contributed by atoms with Gasteiger partial charge in [-0.1, -0.05) is 24.6 Å². The summed E-state index contributed by atoms with van der Waals surface area (Å²) < 4.78 is 50.7. The summed E-state index contributed by atoms with van der Waals surface area (Å²) in [6.45, 7) is 4.28. The molecule has 1 atom stereocenters. The first-order chi connectivity index (χ1) is 8.83. The highest BCUT2D eigenvalue weighted by atomic mass is 19.4. The lowest BCUT2D eigenvalue weighted by atomic mass is 9.99. The van der Waals surface area contributed by atoms with Crippen molar-refractivity contribution >= 4 is 0 Å². The number of benzene rings is 1. The molecule has 0 spiro atoms. The second kappa shape index (κ2) is 6.89. The SMILES string of the molecule is CCCNC(CCC(F)(F)F)c1cc(C)ccc1F. The van der Waals surface area contributed by atoms with Crippen LogP contribution in [0.4, 0.5) is 17.6 Å². The molecule has 1 aromatic rings. The highest BCUT2D eigenvalue weighted by Crippen LogP contribution is 2.29. The van der Waals surface area contributed by atoms with E-state index in [1.54, 1.807) is 19.1 Å². The summed E-state index contributed by atoms with van der Waals surface area (Å²) in [7, 11) is 0. The van der Waals surface area contributed by atoms with Gasteiger partial charge in [0.15, 0.2) is 0 Å². The number of aryl methyl sites for hydroxylation is 1. The number of alkyl halides is 3. The van der Waals surface area contributed by atoms with Gasteiger partial charge >= 0.3 is 6.18 Å². The molecule has 1 unspecified atom stereocenters. The van der Waals surface area contributed by atoms with Crippen LogP contribution in [0, 0.1) is 12.7 Å². The molecule has 19 heavy (non-hydrogen) atoms. The van der Waals surface area contributed by atoms with Gasteiger partial charge < -0.3 is 5.32 Å². The van der Waals surface area contributed by atoms with Gasteiger partial charge in [0.05, 0.1) is 0 Å². The Bertz CT molecular complexity index is 401. The van der Waals surface area contributed by atoms with E-state index in [0.717, 1.165) is 12.0 Å². The van der Waals surface area contributed by atoms with Gasteiger partial charge in [0.25, 0.3) is 0 Å². The van der Waals surface area contributed by atoms with Crippen LogP contribution in [0.5, 0.6) is 0 Å². The lowest BCUT2D eigenvalue weighted by molar-refractivity contribution is -0.136. The molecule has 1 aromatic carbocycles. The summed E-state index contributed by atoms with van der Waals surface area (Å²) in [6, 6.07) is 3.93. The van der Waals surface area contributed by atoms with E-state index in [1.165, 1.54) is 6.07 Å². The average Bonchev–Trinajstić information content (AvgIpc) is 2.32. The fourth-order valence-electron chi connectivity index (χ4n) is 1.92. The molecule has 0 bridgehead atoms. The maximum Gasteiger partial charge on any atom is 0.389 e. The molecule has 5 heteroatoms. The van der Waals surface area contributed by atoms with Gasteiger partial charge in [0, 0.05) is 18.0 Å². The Balaban J connectivity index is 2.85. The van der Waals surface area contributed by atoms with Gasteiger partial charge in [0.2, 0.25) is 0 Å². The van der Waals surface area contributed by atoms with Gasteiger partial charge in [-0.25, -0.2) is 4.39 Å². The minimum atomic E-state index is -4.22. The Morgan fingerprint density at radius 1 is 1.26 bits per heavy atom. The second-order valence-corrected chi connectivity index (χ2v) is 4.69. The van der Waals surface area contributed by atoms with Crippen LogP contribution in [0.2, 0.25) is 0 Å². The quantitative estimate of drug-likeness (QED) is 0.754. The van der Waals surface area contributed by atoms with Crippen molar-refractivity contribution in [2.45, 2.75) is 45.3 Å². The number of hydrogen-bond acceptors (Lipinski definition) is 1. The zero-order valence-electron chi connectivity index (χ0n) is 11.1. The zero-order chi connectivity index (χ0) is 14.5. The van der Waals surface area contributed by atoms with Gasteiger partial charge in [-0.05, 0) is 32.4 Å². The van der Waals surface area contributed by atoms with Crippen molar-refractivity contribution in [1.82, 2.24) is 5.32 Å². The van der Waals surface area contributed by atoms with E-state index < -0.39 is 24.5 Å². The van der Waals surface area contributed by atoms with E-state index in [-0.39, 0.29) is 6.42 Å². The highest BCUT2D eigenvalue weighted by molar-refractivity contribution is 5.26. The minimum Gasteiger partial charge on any atom is -0.310 e. The lowest BCUT2D eigenvalue weighted by Crippen LogP contribution is -2.25. The number of halogens is 4. The van der Waals surface area contributed by atoms with Crippen LogP contribution in [-0.2, 0) is 0 Å². The van der Waals surface area contributed by atoms with Crippen molar-refractivity contribution in [2.75, 3.05) is 6.54 Å². The Labute approximate surface area is 111 Å². The van der Waals surface area contributed by atoms with Crippen molar-refractivity contribution in [3.63, 3.8) is 0 Å². The standard InChI is InChI=1S/C14H19F4N/c1-3-8-19-13(6-7-14(16,17)18)11-9-10(2)4-5-12(11)15/h4-5,9,13,19H,3,6-8H2,1-2H3. The maximum atomic E-state index is 13.7. The molecule has 0 heterocycles. The topological polar surface area (TPSA) is 12.0 Å². The largest absolute Gasteiger partial charge is 0.389 e. The van der Waals surface area contributed by atoms with E-state index in [1.807, 2.05) is 6.92 Å². The lowest BCUT2D eigenvalue weighted by Gasteiger charge is -2.21. The summed E-state index contributed by atoms with van der Waals surface area (Å²) >= 11 is 0. The summed E-state index contributed by atoms with van der Waals surface area (Å²) in [6.07, 6.45) is -4.49. The molecule has 0 amide bonds. The highest BCUT2D eigenvalue weighted by Gasteiger charge is 2.29. The van der Waals surface area contributed by atoms with Gasteiger partial charge in [-0.2, -0.15) is 13.2 Å². The third-order valence-corrected chi connectivity index (χ3v) is 2.88. The van der Waals surface area contributed by atoms with Crippen LogP contribution in [0.1, 0.15) is 43.4 Å². The van der Waals surface area contributed by atoms with Gasteiger partial charge in [0.1, 0.15) is 5.82 Å². The van der Waals surface area contributed by atoms with E-state index in [2.05, 4.69) is 5.32 Å². The summed E-state index contributed by atoms with van der Waals surface area (Å²) in [5.74, 6) is -0.457. The van der Waals surface area contributed by atoms with Crippen LogP contribution in [0.15, 0.2) is 18.2 Å². The van der Waals surface area contributed by atoms with Crippen LogP contribution in [0.3, 0.4) is 0 Å². The minimum absolute atomic E-state index is 0.149. The maximum absolute atomic E-state index is 13.7.